The lowest BCUT2D eigenvalue weighted by molar-refractivity contribution is -0.385. The van der Waals surface area contributed by atoms with Crippen molar-refractivity contribution >= 4 is 21.6 Å². The van der Waals surface area contributed by atoms with Crippen molar-refractivity contribution in [3.05, 3.63) is 32.3 Å². The third kappa shape index (κ3) is 2.21. The number of rotatable bonds is 3. The normalized spacial score (nSPS) is 10.1. The van der Waals surface area contributed by atoms with Gasteiger partial charge in [0.1, 0.15) is 5.75 Å². The molecule has 0 aromatic heterocycles. The predicted molar refractivity (Wildman–Crippen MR) is 53.3 cm³/mol. The van der Waals surface area contributed by atoms with E-state index >= 15 is 0 Å². The average molecular weight is 262 g/mol. The number of benzene rings is 1. The van der Waals surface area contributed by atoms with Gasteiger partial charge in [0.15, 0.2) is 0 Å². The Morgan fingerprint density at radius 3 is 2.64 bits per heavy atom. The number of nitro groups is 1. The Bertz CT molecular complexity index is 367. The van der Waals surface area contributed by atoms with E-state index in [9.17, 15) is 15.2 Å². The number of aromatic hydroxyl groups is 1. The number of non-ortho nitro benzene ring substituents is 1. The molecule has 1 rings (SSSR count). The number of phenolic OH excluding ortho intramolecular Hbond substituents is 1. The van der Waals surface area contributed by atoms with Gasteiger partial charge >= 0.3 is 0 Å². The third-order valence-corrected chi connectivity index (χ3v) is 2.32. The van der Waals surface area contributed by atoms with Gasteiger partial charge in [0, 0.05) is 24.3 Å². The van der Waals surface area contributed by atoms with Crippen LogP contribution in [0, 0.1) is 10.1 Å². The van der Waals surface area contributed by atoms with Crippen LogP contribution in [-0.2, 0) is 6.42 Å². The number of hydrogen-bond donors (Lipinski definition) is 2. The number of nitro benzene ring substituents is 1. The van der Waals surface area contributed by atoms with Gasteiger partial charge in [-0.25, -0.2) is 0 Å². The number of aliphatic hydroxyl groups is 1. The molecule has 0 radical (unpaired) electrons. The summed E-state index contributed by atoms with van der Waals surface area (Å²) in [6.07, 6.45) is 0.187. The maximum atomic E-state index is 10.5. The van der Waals surface area contributed by atoms with E-state index in [-0.39, 0.29) is 28.9 Å². The summed E-state index contributed by atoms with van der Waals surface area (Å²) >= 11 is 3.00. The van der Waals surface area contributed by atoms with Crippen molar-refractivity contribution in [1.29, 1.82) is 0 Å². The smallest absolute Gasteiger partial charge is 0.271 e. The number of aliphatic hydroxyl groups excluding tert-OH is 1. The molecule has 76 valence electrons. The first-order valence-corrected chi connectivity index (χ1v) is 4.62. The highest BCUT2D eigenvalue weighted by molar-refractivity contribution is 9.10. The van der Waals surface area contributed by atoms with E-state index in [1.54, 1.807) is 0 Å². The molecule has 0 saturated heterocycles. The van der Waals surface area contributed by atoms with Crippen LogP contribution in [0.3, 0.4) is 0 Å². The van der Waals surface area contributed by atoms with Gasteiger partial charge in [0.05, 0.1) is 9.40 Å². The Hall–Kier alpha value is -1.14. The fourth-order valence-electron chi connectivity index (χ4n) is 1.06. The predicted octanol–water partition coefficient (Wildman–Crippen LogP) is 1.60. The van der Waals surface area contributed by atoms with Crippen LogP contribution in [0.4, 0.5) is 5.69 Å². The topological polar surface area (TPSA) is 83.6 Å². The summed E-state index contributed by atoms with van der Waals surface area (Å²) < 4.78 is 0.259. The summed E-state index contributed by atoms with van der Waals surface area (Å²) in [5.41, 5.74) is 0.242. The highest BCUT2D eigenvalue weighted by Gasteiger charge is 2.13. The van der Waals surface area contributed by atoms with E-state index in [2.05, 4.69) is 15.9 Å². The molecule has 0 aliphatic carbocycles. The van der Waals surface area contributed by atoms with Crippen LogP contribution in [0.2, 0.25) is 0 Å². The first-order chi connectivity index (χ1) is 6.56. The second-order valence-corrected chi connectivity index (χ2v) is 3.52. The summed E-state index contributed by atoms with van der Waals surface area (Å²) in [6, 6.07) is 2.46. The molecule has 0 saturated carbocycles. The highest BCUT2D eigenvalue weighted by Crippen LogP contribution is 2.32. The molecule has 0 unspecified atom stereocenters. The Kier molecular flexibility index (Phi) is 3.43. The van der Waals surface area contributed by atoms with Gasteiger partial charge in [-0.15, -0.1) is 0 Å². The lowest BCUT2D eigenvalue weighted by Gasteiger charge is -2.04. The van der Waals surface area contributed by atoms with Crippen LogP contribution in [0.1, 0.15) is 5.56 Å². The van der Waals surface area contributed by atoms with E-state index in [0.717, 1.165) is 0 Å². The zero-order valence-corrected chi connectivity index (χ0v) is 8.69. The molecular weight excluding hydrogens is 254 g/mol. The van der Waals surface area contributed by atoms with Crippen molar-refractivity contribution in [2.75, 3.05) is 6.61 Å². The van der Waals surface area contributed by atoms with Gasteiger partial charge in [-0.3, -0.25) is 10.1 Å². The van der Waals surface area contributed by atoms with Crippen molar-refractivity contribution in [2.45, 2.75) is 6.42 Å². The molecule has 2 N–H and O–H groups in total. The van der Waals surface area contributed by atoms with Crippen LogP contribution in [0.5, 0.6) is 5.75 Å². The first-order valence-electron chi connectivity index (χ1n) is 3.83. The highest BCUT2D eigenvalue weighted by atomic mass is 79.9. The molecule has 0 heterocycles. The summed E-state index contributed by atoms with van der Waals surface area (Å²) in [5.74, 6) is -0.0651. The molecule has 0 spiro atoms. The number of phenols is 1. The zero-order valence-electron chi connectivity index (χ0n) is 7.11. The molecule has 14 heavy (non-hydrogen) atoms. The standard InChI is InChI=1S/C8H8BrNO4/c9-7-4-6(10(13)14)3-5(1-2-11)8(7)12/h3-4,11-12H,1-2H2. The van der Waals surface area contributed by atoms with Crippen LogP contribution in [-0.4, -0.2) is 21.7 Å². The Morgan fingerprint density at radius 2 is 2.14 bits per heavy atom. The Balaban J connectivity index is 3.20. The minimum absolute atomic E-state index is 0.0651. The molecule has 0 atom stereocenters. The number of hydrogen-bond acceptors (Lipinski definition) is 4. The van der Waals surface area contributed by atoms with Gasteiger partial charge in [0.25, 0.3) is 5.69 Å². The minimum atomic E-state index is -0.551. The van der Waals surface area contributed by atoms with Gasteiger partial charge < -0.3 is 10.2 Å². The van der Waals surface area contributed by atoms with E-state index in [1.165, 1.54) is 12.1 Å². The fraction of sp³-hybridized carbons (Fsp3) is 0.250. The second-order valence-electron chi connectivity index (χ2n) is 2.67. The molecule has 6 heteroatoms. The number of halogens is 1. The van der Waals surface area contributed by atoms with E-state index < -0.39 is 4.92 Å². The molecule has 1 aromatic rings. The van der Waals surface area contributed by atoms with E-state index in [0.29, 0.717) is 5.56 Å². The molecule has 0 fully saturated rings. The molecule has 0 aliphatic rings. The minimum Gasteiger partial charge on any atom is -0.506 e. The molecule has 1 aromatic carbocycles. The molecule has 5 nitrogen and oxygen atoms in total. The van der Waals surface area contributed by atoms with Gasteiger partial charge in [-0.1, -0.05) is 0 Å². The van der Waals surface area contributed by atoms with E-state index in [4.69, 9.17) is 5.11 Å². The third-order valence-electron chi connectivity index (χ3n) is 1.72. The van der Waals surface area contributed by atoms with Gasteiger partial charge in [0.2, 0.25) is 0 Å². The lowest BCUT2D eigenvalue weighted by Crippen LogP contribution is -1.95. The molecular formula is C8H8BrNO4. The zero-order chi connectivity index (χ0) is 10.7. The molecule has 0 aliphatic heterocycles. The van der Waals surface area contributed by atoms with Crippen LogP contribution in [0.25, 0.3) is 0 Å². The monoisotopic (exact) mass is 261 g/mol. The molecule has 0 amide bonds. The van der Waals surface area contributed by atoms with Crippen LogP contribution >= 0.6 is 15.9 Å². The summed E-state index contributed by atoms with van der Waals surface area (Å²) in [5, 5.41) is 28.6. The maximum Gasteiger partial charge on any atom is 0.271 e. The van der Waals surface area contributed by atoms with Crippen molar-refractivity contribution in [1.82, 2.24) is 0 Å². The van der Waals surface area contributed by atoms with Crippen molar-refractivity contribution in [3.8, 4) is 5.75 Å². The SMILES string of the molecule is O=[N+]([O-])c1cc(Br)c(O)c(CCO)c1. The van der Waals surface area contributed by atoms with Crippen molar-refractivity contribution in [2.24, 2.45) is 0 Å². The Morgan fingerprint density at radius 1 is 1.50 bits per heavy atom. The number of nitrogens with zero attached hydrogens (tertiary/aromatic N) is 1. The van der Waals surface area contributed by atoms with Crippen molar-refractivity contribution in [3.63, 3.8) is 0 Å². The fourth-order valence-corrected chi connectivity index (χ4v) is 1.55. The quantitative estimate of drug-likeness (QED) is 0.640. The van der Waals surface area contributed by atoms with Crippen molar-refractivity contribution < 1.29 is 15.1 Å². The Labute approximate surface area is 88.3 Å². The largest absolute Gasteiger partial charge is 0.506 e. The first kappa shape index (κ1) is 10.9. The second kappa shape index (κ2) is 4.39. The molecule has 0 bridgehead atoms. The maximum absolute atomic E-state index is 10.5. The summed E-state index contributed by atoms with van der Waals surface area (Å²) in [6.45, 7) is -0.166. The van der Waals surface area contributed by atoms with Gasteiger partial charge in [-0.05, 0) is 22.4 Å². The lowest BCUT2D eigenvalue weighted by atomic mass is 10.1. The average Bonchev–Trinajstić information content (AvgIpc) is 2.12. The van der Waals surface area contributed by atoms with Gasteiger partial charge in [-0.2, -0.15) is 0 Å². The van der Waals surface area contributed by atoms with Crippen LogP contribution < -0.4 is 0 Å². The summed E-state index contributed by atoms with van der Waals surface area (Å²) in [7, 11) is 0. The van der Waals surface area contributed by atoms with E-state index in [1.807, 2.05) is 0 Å². The summed E-state index contributed by atoms with van der Waals surface area (Å²) in [4.78, 5) is 9.91. The van der Waals surface area contributed by atoms with Crippen LogP contribution in [0.15, 0.2) is 16.6 Å².